The fraction of sp³-hybridized carbons (Fsp3) is 0.389. The second-order valence-corrected chi connectivity index (χ2v) is 6.84. The van der Waals surface area contributed by atoms with Gasteiger partial charge in [-0.3, -0.25) is 9.48 Å². The minimum absolute atomic E-state index is 0.0335. The van der Waals surface area contributed by atoms with E-state index in [1.807, 2.05) is 0 Å². The SMILES string of the molecule is O=c1c2nn(Cc3ccccc3F)c(CF)c2cnn1C1[C@H]2COC[C@@H]12. The zero-order valence-electron chi connectivity index (χ0n) is 13.8. The van der Waals surface area contributed by atoms with Crippen molar-refractivity contribution in [2.75, 3.05) is 13.2 Å². The molecule has 2 fully saturated rings. The Morgan fingerprint density at radius 2 is 2.00 bits per heavy atom. The smallest absolute Gasteiger partial charge is 0.295 e. The predicted molar refractivity (Wildman–Crippen MR) is 88.9 cm³/mol. The molecule has 1 unspecified atom stereocenters. The molecule has 6 nitrogen and oxygen atoms in total. The number of benzene rings is 1. The summed E-state index contributed by atoms with van der Waals surface area (Å²) in [7, 11) is 0. The molecule has 0 radical (unpaired) electrons. The van der Waals surface area contributed by atoms with Gasteiger partial charge in [-0.2, -0.15) is 10.2 Å². The molecule has 2 aromatic heterocycles. The molecule has 3 heterocycles. The highest BCUT2D eigenvalue weighted by atomic mass is 19.1. The van der Waals surface area contributed by atoms with Crippen LogP contribution >= 0.6 is 0 Å². The maximum atomic E-state index is 13.9. The third-order valence-corrected chi connectivity index (χ3v) is 5.41. The maximum Gasteiger partial charge on any atom is 0.295 e. The van der Waals surface area contributed by atoms with Crippen molar-refractivity contribution in [3.63, 3.8) is 0 Å². The molecule has 0 N–H and O–H groups in total. The van der Waals surface area contributed by atoms with E-state index in [1.165, 1.54) is 21.6 Å². The van der Waals surface area contributed by atoms with E-state index in [0.717, 1.165) is 0 Å². The quantitative estimate of drug-likeness (QED) is 0.716. The molecule has 2 aliphatic rings. The van der Waals surface area contributed by atoms with Crippen molar-refractivity contribution in [2.45, 2.75) is 19.3 Å². The number of ether oxygens (including phenoxy) is 1. The first-order valence-corrected chi connectivity index (χ1v) is 8.53. The van der Waals surface area contributed by atoms with Gasteiger partial charge in [0, 0.05) is 17.4 Å². The van der Waals surface area contributed by atoms with E-state index in [2.05, 4.69) is 10.2 Å². The van der Waals surface area contributed by atoms with Crippen molar-refractivity contribution < 1.29 is 13.5 Å². The molecule has 1 saturated heterocycles. The summed E-state index contributed by atoms with van der Waals surface area (Å²) < 4.78 is 35.7. The van der Waals surface area contributed by atoms with Crippen molar-refractivity contribution in [1.82, 2.24) is 19.6 Å². The first-order chi connectivity index (χ1) is 12.7. The number of hydrogen-bond donors (Lipinski definition) is 0. The van der Waals surface area contributed by atoms with Crippen LogP contribution in [0.1, 0.15) is 17.3 Å². The number of nitrogens with zero attached hydrogens (tertiary/aromatic N) is 4. The van der Waals surface area contributed by atoms with Crippen LogP contribution in [0.5, 0.6) is 0 Å². The predicted octanol–water partition coefficient (Wildman–Crippen LogP) is 2.07. The molecular weight excluding hydrogens is 342 g/mol. The van der Waals surface area contributed by atoms with Crippen molar-refractivity contribution in [1.29, 1.82) is 0 Å². The van der Waals surface area contributed by atoms with E-state index in [1.54, 1.807) is 18.2 Å². The van der Waals surface area contributed by atoms with Crippen molar-refractivity contribution >= 4 is 10.9 Å². The average molecular weight is 358 g/mol. The molecule has 0 amide bonds. The summed E-state index contributed by atoms with van der Waals surface area (Å²) >= 11 is 0. The lowest BCUT2D eigenvalue weighted by molar-refractivity contribution is 0.149. The lowest BCUT2D eigenvalue weighted by atomic mass is 10.2. The van der Waals surface area contributed by atoms with Gasteiger partial charge in [-0.15, -0.1) is 0 Å². The first-order valence-electron chi connectivity index (χ1n) is 8.53. The zero-order chi connectivity index (χ0) is 17.8. The standard InChI is InChI=1S/C18H16F2N4O2/c19-5-15-11-6-21-24(17-12-8-26-9-13(12)17)18(25)16(11)22-23(15)7-10-3-1-2-4-14(10)20/h1-4,6,12-13,17H,5,7-9H2/t12-,13+,17?. The molecular formula is C18H16F2N4O2. The van der Waals surface area contributed by atoms with E-state index in [-0.39, 0.29) is 29.4 Å². The minimum atomic E-state index is -0.807. The van der Waals surface area contributed by atoms with Gasteiger partial charge < -0.3 is 4.74 Å². The number of rotatable bonds is 4. The highest BCUT2D eigenvalue weighted by molar-refractivity contribution is 5.79. The summed E-state index contributed by atoms with van der Waals surface area (Å²) in [5.74, 6) is 0.246. The summed E-state index contributed by atoms with van der Waals surface area (Å²) in [6.45, 7) is 0.527. The van der Waals surface area contributed by atoms with Gasteiger partial charge in [0.15, 0.2) is 5.52 Å². The molecule has 1 aliphatic heterocycles. The second kappa shape index (κ2) is 5.70. The maximum absolute atomic E-state index is 13.9. The number of halogens is 2. The van der Waals surface area contributed by atoms with E-state index in [0.29, 0.717) is 36.0 Å². The Hall–Kier alpha value is -2.61. The molecule has 26 heavy (non-hydrogen) atoms. The zero-order valence-corrected chi connectivity index (χ0v) is 13.8. The summed E-state index contributed by atoms with van der Waals surface area (Å²) in [5.41, 5.74) is 0.468. The van der Waals surface area contributed by atoms with Gasteiger partial charge in [-0.1, -0.05) is 18.2 Å². The summed E-state index contributed by atoms with van der Waals surface area (Å²) in [4.78, 5) is 12.8. The molecule has 5 rings (SSSR count). The van der Waals surface area contributed by atoms with Crippen LogP contribution in [0.3, 0.4) is 0 Å². The van der Waals surface area contributed by atoms with Crippen LogP contribution in [0, 0.1) is 17.7 Å². The lowest BCUT2D eigenvalue weighted by Crippen LogP contribution is -2.24. The summed E-state index contributed by atoms with van der Waals surface area (Å²) in [5, 5.41) is 8.92. The topological polar surface area (TPSA) is 61.9 Å². The second-order valence-electron chi connectivity index (χ2n) is 6.84. The Labute approximate surface area is 147 Å². The summed E-state index contributed by atoms with van der Waals surface area (Å²) in [6.07, 6.45) is 1.49. The number of fused-ring (bicyclic) bond motifs is 2. The molecule has 1 saturated carbocycles. The fourth-order valence-electron chi connectivity index (χ4n) is 3.93. The average Bonchev–Trinajstić information content (AvgIpc) is 2.98. The Kier molecular flexibility index (Phi) is 3.43. The van der Waals surface area contributed by atoms with Crippen LogP contribution < -0.4 is 5.56 Å². The van der Waals surface area contributed by atoms with Gasteiger partial charge in [0.2, 0.25) is 0 Å². The molecule has 0 spiro atoms. The van der Waals surface area contributed by atoms with Crippen molar-refractivity contribution in [3.05, 3.63) is 57.9 Å². The van der Waals surface area contributed by atoms with Gasteiger partial charge in [0.1, 0.15) is 12.5 Å². The molecule has 0 bridgehead atoms. The Balaban J connectivity index is 1.58. The van der Waals surface area contributed by atoms with Gasteiger partial charge >= 0.3 is 0 Å². The van der Waals surface area contributed by atoms with Crippen LogP contribution in [-0.4, -0.2) is 32.8 Å². The van der Waals surface area contributed by atoms with E-state index in [9.17, 15) is 13.6 Å². The highest BCUT2D eigenvalue weighted by Gasteiger charge is 2.56. The van der Waals surface area contributed by atoms with Crippen LogP contribution in [0.4, 0.5) is 8.78 Å². The normalized spacial score (nSPS) is 24.2. The highest BCUT2D eigenvalue weighted by Crippen LogP contribution is 2.53. The van der Waals surface area contributed by atoms with Crippen LogP contribution in [0.2, 0.25) is 0 Å². The van der Waals surface area contributed by atoms with Crippen molar-refractivity contribution in [3.8, 4) is 0 Å². The largest absolute Gasteiger partial charge is 0.381 e. The number of hydrogen-bond acceptors (Lipinski definition) is 4. The van der Waals surface area contributed by atoms with E-state index >= 15 is 0 Å². The van der Waals surface area contributed by atoms with E-state index in [4.69, 9.17) is 4.74 Å². The molecule has 134 valence electrons. The minimum Gasteiger partial charge on any atom is -0.381 e. The Morgan fingerprint density at radius 3 is 2.73 bits per heavy atom. The van der Waals surface area contributed by atoms with Gasteiger partial charge in [0.05, 0.1) is 43.1 Å². The molecule has 1 aromatic carbocycles. The first kappa shape index (κ1) is 15.6. The number of aromatic nitrogens is 4. The Bertz CT molecular complexity index is 1050. The summed E-state index contributed by atoms with van der Waals surface area (Å²) in [6, 6.07) is 6.29. The van der Waals surface area contributed by atoms with Gasteiger partial charge in [-0.05, 0) is 6.07 Å². The van der Waals surface area contributed by atoms with Crippen molar-refractivity contribution in [2.24, 2.45) is 11.8 Å². The van der Waals surface area contributed by atoms with Crippen LogP contribution in [-0.2, 0) is 18.0 Å². The van der Waals surface area contributed by atoms with Crippen LogP contribution in [0.25, 0.3) is 10.9 Å². The molecule has 3 atom stereocenters. The van der Waals surface area contributed by atoms with E-state index < -0.39 is 12.5 Å². The van der Waals surface area contributed by atoms with Gasteiger partial charge in [-0.25, -0.2) is 13.5 Å². The fourth-order valence-corrected chi connectivity index (χ4v) is 3.93. The third kappa shape index (κ3) is 2.21. The Morgan fingerprint density at radius 1 is 1.23 bits per heavy atom. The molecule has 1 aliphatic carbocycles. The van der Waals surface area contributed by atoms with Gasteiger partial charge in [0.25, 0.3) is 5.56 Å². The third-order valence-electron chi connectivity index (χ3n) is 5.41. The molecule has 3 aromatic rings. The number of alkyl halides is 1. The van der Waals surface area contributed by atoms with Crippen LogP contribution in [0.15, 0.2) is 35.3 Å². The lowest BCUT2D eigenvalue weighted by Gasteiger charge is -2.06. The monoisotopic (exact) mass is 358 g/mol. The molecule has 8 heteroatoms.